The van der Waals surface area contributed by atoms with Crippen LogP contribution in [0.1, 0.15) is 78.6 Å². The molecule has 0 aliphatic heterocycles. The lowest BCUT2D eigenvalue weighted by Gasteiger charge is -2.22. The number of rotatable bonds is 18. The van der Waals surface area contributed by atoms with Crippen molar-refractivity contribution in [2.45, 2.75) is 78.6 Å². The monoisotopic (exact) mass is 565 g/mol. The van der Waals surface area contributed by atoms with Crippen molar-refractivity contribution in [1.29, 1.82) is 0 Å². The Balaban J connectivity index is 0. The quantitative estimate of drug-likeness (QED) is 0.101. The highest BCUT2D eigenvalue weighted by Gasteiger charge is 2.43. The molecule has 0 bridgehead atoms. The van der Waals surface area contributed by atoms with Crippen molar-refractivity contribution >= 4 is 31.3 Å². The van der Waals surface area contributed by atoms with Crippen LogP contribution in [0.25, 0.3) is 0 Å². The molecule has 202 valence electrons. The highest BCUT2D eigenvalue weighted by Crippen LogP contribution is 2.69. The van der Waals surface area contributed by atoms with Gasteiger partial charge in [0.15, 0.2) is 0 Å². The van der Waals surface area contributed by atoms with E-state index in [0.29, 0.717) is 0 Å². The lowest BCUT2D eigenvalue weighted by atomic mass is 10.2. The number of hydrogen-bond donors (Lipinski definition) is 6. The molecule has 0 saturated carbocycles. The smallest absolute Gasteiger partial charge is 0.303 e. The molecule has 6 N–H and O–H groups in total. The minimum atomic E-state index is -5.77. The van der Waals surface area contributed by atoms with E-state index in [1.807, 2.05) is 0 Å². The lowest BCUT2D eigenvalue weighted by Crippen LogP contribution is -2.27. The summed E-state index contributed by atoms with van der Waals surface area (Å²) in [4.78, 5) is 52.1. The Morgan fingerprint density at radius 3 is 1.00 bits per heavy atom. The molecule has 0 aliphatic rings. The van der Waals surface area contributed by atoms with E-state index >= 15 is 0 Å². The van der Waals surface area contributed by atoms with Gasteiger partial charge in [0.2, 0.25) is 0 Å². The average Bonchev–Trinajstić information content (AvgIpc) is 2.57. The molecule has 0 fully saturated rings. The molecule has 33 heavy (non-hydrogen) atoms. The topological polar surface area (TPSA) is 221 Å². The van der Waals surface area contributed by atoms with Gasteiger partial charge in [-0.2, -0.15) is 12.9 Å². The summed E-state index contributed by atoms with van der Waals surface area (Å²) < 4.78 is 50.9. The van der Waals surface area contributed by atoms with Gasteiger partial charge in [-0.05, 0) is 38.9 Å². The van der Waals surface area contributed by atoms with E-state index in [0.717, 1.165) is 0 Å². The molecule has 14 nitrogen and oxygen atoms in total. The number of unbranched alkanes of at least 4 members (excludes halogenated alkanes) is 6. The van der Waals surface area contributed by atoms with E-state index < -0.39 is 31.3 Å². The molecule has 0 aliphatic carbocycles. The van der Waals surface area contributed by atoms with Crippen molar-refractivity contribution in [2.75, 3.05) is 19.6 Å². The van der Waals surface area contributed by atoms with Crippen molar-refractivity contribution in [2.24, 2.45) is 0 Å². The zero-order valence-electron chi connectivity index (χ0n) is 19.3. The Morgan fingerprint density at radius 1 is 0.515 bits per heavy atom. The molecule has 0 radical (unpaired) electrons. The van der Waals surface area contributed by atoms with Gasteiger partial charge >= 0.3 is 31.3 Å². The molecule has 0 saturated heterocycles. The third-order valence-corrected chi connectivity index (χ3v) is 8.86. The molecule has 0 rings (SSSR count). The molecule has 0 aromatic heterocycles. The van der Waals surface area contributed by atoms with Crippen molar-refractivity contribution in [3.63, 3.8) is 0 Å². The Bertz CT molecular complexity index is 630. The van der Waals surface area contributed by atoms with Crippen LogP contribution in [0, 0.1) is 0 Å². The van der Waals surface area contributed by atoms with Crippen molar-refractivity contribution in [3.05, 3.63) is 0 Å². The first kappa shape index (κ1) is 35.7. The normalized spacial score (nSPS) is 16.1. The van der Waals surface area contributed by atoms with Gasteiger partial charge in [0.25, 0.3) is 0 Å². The van der Waals surface area contributed by atoms with E-state index in [4.69, 9.17) is 29.4 Å². The second kappa shape index (κ2) is 17.9. The first-order valence-electron chi connectivity index (χ1n) is 10.6. The maximum absolute atomic E-state index is 10.7. The summed E-state index contributed by atoms with van der Waals surface area (Å²) in [6.07, 6.45) is 12.4. The van der Waals surface area contributed by atoms with Gasteiger partial charge in [0.1, 0.15) is 0 Å². The van der Waals surface area contributed by atoms with Gasteiger partial charge in [-0.3, -0.25) is 0 Å². The minimum absolute atomic E-state index is 1.33. The van der Waals surface area contributed by atoms with Gasteiger partial charge < -0.3 is 34.3 Å². The van der Waals surface area contributed by atoms with Gasteiger partial charge in [-0.1, -0.05) is 59.3 Å². The minimum Gasteiger partial charge on any atom is -0.303 e. The number of phosphoric acid groups is 4. The Morgan fingerprint density at radius 2 is 0.788 bits per heavy atom. The maximum atomic E-state index is 10.7. The first-order chi connectivity index (χ1) is 15.0. The third kappa shape index (κ3) is 27.0. The van der Waals surface area contributed by atoms with Crippen molar-refractivity contribution in [1.82, 2.24) is 4.90 Å². The van der Waals surface area contributed by atoms with Gasteiger partial charge in [0.05, 0.1) is 0 Å². The molecule has 0 amide bonds. The molecule has 0 aromatic carbocycles. The second-order valence-corrected chi connectivity index (χ2v) is 12.9. The van der Waals surface area contributed by atoms with Crippen LogP contribution >= 0.6 is 31.3 Å². The predicted molar refractivity (Wildman–Crippen MR) is 122 cm³/mol. The van der Waals surface area contributed by atoms with E-state index in [2.05, 4.69) is 38.6 Å². The van der Waals surface area contributed by atoms with Gasteiger partial charge in [-0.15, -0.1) is 0 Å². The fourth-order valence-corrected chi connectivity index (χ4v) is 6.49. The highest BCUT2D eigenvalue weighted by molar-refractivity contribution is 7.69. The molecule has 18 heteroatoms. The Labute approximate surface area is 195 Å². The van der Waals surface area contributed by atoms with Crippen LogP contribution in [-0.4, -0.2) is 53.9 Å². The van der Waals surface area contributed by atoms with Crippen LogP contribution in [-0.2, 0) is 31.2 Å². The molecule has 0 aromatic rings. The summed E-state index contributed by atoms with van der Waals surface area (Å²) in [6, 6.07) is 0. The fourth-order valence-electron chi connectivity index (χ4n) is 2.52. The maximum Gasteiger partial charge on any atom is 0.490 e. The summed E-state index contributed by atoms with van der Waals surface area (Å²) in [5.41, 5.74) is 0. The predicted octanol–water partition coefficient (Wildman–Crippen LogP) is 4.28. The third-order valence-electron chi connectivity index (χ3n) is 3.86. The molecule has 0 spiro atoms. The SMILES string of the molecule is CCCCCN(CCCCC)CCCCC.O=P(O)(O)OP(=O)(O)OP(=O)(O)OP(=O)(O)O. The van der Waals surface area contributed by atoms with Crippen LogP contribution in [0.2, 0.25) is 0 Å². The Kier molecular flexibility index (Phi) is 19.3. The fraction of sp³-hybridized carbons (Fsp3) is 1.00. The Hall–Kier alpha value is 0.520. The number of nitrogens with zero attached hydrogens (tertiary/aromatic N) is 1. The van der Waals surface area contributed by atoms with Crippen molar-refractivity contribution < 1.29 is 60.6 Å². The summed E-state index contributed by atoms with van der Waals surface area (Å²) in [5.74, 6) is 0. The van der Waals surface area contributed by atoms with E-state index in [1.165, 1.54) is 77.4 Å². The first-order valence-corrected chi connectivity index (χ1v) is 16.6. The standard InChI is InChI=1S/C15H33N.H6O13P4/c1-4-7-10-13-16(14-11-8-5-2)15-12-9-6-3;1-14(2,3)11-16(7,8)13-17(9,10)12-15(4,5)6/h4-15H2,1-3H3;(H,7,8)(H,9,10)(H2,1,2,3)(H2,4,5,6). The van der Waals surface area contributed by atoms with Crippen LogP contribution < -0.4 is 0 Å². The van der Waals surface area contributed by atoms with Gasteiger partial charge in [0, 0.05) is 0 Å². The number of hydrogen-bond acceptors (Lipinski definition) is 8. The summed E-state index contributed by atoms with van der Waals surface area (Å²) >= 11 is 0. The molecular weight excluding hydrogens is 526 g/mol. The highest BCUT2D eigenvalue weighted by atomic mass is 31.3. The summed E-state index contributed by atoms with van der Waals surface area (Å²) in [5, 5.41) is 0. The average molecular weight is 565 g/mol. The molecule has 2 atom stereocenters. The largest absolute Gasteiger partial charge is 0.490 e. The van der Waals surface area contributed by atoms with E-state index in [1.54, 1.807) is 0 Å². The van der Waals surface area contributed by atoms with E-state index in [-0.39, 0.29) is 0 Å². The zero-order chi connectivity index (χ0) is 26.2. The van der Waals surface area contributed by atoms with Crippen molar-refractivity contribution in [3.8, 4) is 0 Å². The molecule has 0 heterocycles. The second-order valence-electron chi connectivity index (χ2n) is 7.13. The van der Waals surface area contributed by atoms with Crippen LogP contribution in [0.4, 0.5) is 0 Å². The van der Waals surface area contributed by atoms with Crippen LogP contribution in [0.5, 0.6) is 0 Å². The molecular formula is C15H39NO13P4. The molecule has 2 unspecified atom stereocenters. The van der Waals surface area contributed by atoms with Gasteiger partial charge in [-0.25, -0.2) is 18.3 Å². The zero-order valence-corrected chi connectivity index (χ0v) is 22.8. The summed E-state index contributed by atoms with van der Waals surface area (Å²) in [7, 11) is -22.6. The summed E-state index contributed by atoms with van der Waals surface area (Å²) in [6.45, 7) is 10.9. The lowest BCUT2D eigenvalue weighted by molar-refractivity contribution is 0.194. The van der Waals surface area contributed by atoms with E-state index in [9.17, 15) is 18.3 Å². The van der Waals surface area contributed by atoms with Crippen LogP contribution in [0.3, 0.4) is 0 Å². The van der Waals surface area contributed by atoms with Crippen LogP contribution in [0.15, 0.2) is 0 Å².